The summed E-state index contributed by atoms with van der Waals surface area (Å²) in [6.45, 7) is 0.568. The van der Waals surface area contributed by atoms with Gasteiger partial charge in [-0.05, 0) is 12.1 Å². The zero-order valence-corrected chi connectivity index (χ0v) is 9.59. The number of hydrogen-bond donors (Lipinski definition) is 0. The van der Waals surface area contributed by atoms with Gasteiger partial charge in [0.2, 0.25) is 0 Å². The Hall–Kier alpha value is -1.36. The third kappa shape index (κ3) is 2.56. The number of nitrogens with zero attached hydrogens (tertiary/aromatic N) is 3. The molecule has 2 aromatic rings. The summed E-state index contributed by atoms with van der Waals surface area (Å²) >= 11 is 3.27. The van der Waals surface area contributed by atoms with Crippen LogP contribution in [0.2, 0.25) is 0 Å². The fourth-order valence-electron chi connectivity index (χ4n) is 1.15. The van der Waals surface area contributed by atoms with E-state index in [0.717, 1.165) is 11.0 Å². The Morgan fingerprint density at radius 1 is 1.27 bits per heavy atom. The number of ether oxygens (including phenoxy) is 1. The lowest BCUT2D eigenvalue weighted by molar-refractivity contribution is 0.317. The van der Waals surface area contributed by atoms with Crippen LogP contribution in [0.3, 0.4) is 0 Å². The lowest BCUT2D eigenvalue weighted by Gasteiger charge is -1.98. The average molecular weight is 268 g/mol. The normalized spacial score (nSPS) is 10.2. The van der Waals surface area contributed by atoms with Crippen molar-refractivity contribution in [1.29, 1.82) is 0 Å². The van der Waals surface area contributed by atoms with Crippen LogP contribution in [0.15, 0.2) is 36.7 Å². The molecule has 0 bridgehead atoms. The summed E-state index contributed by atoms with van der Waals surface area (Å²) in [6.07, 6.45) is 1.64. The fourth-order valence-corrected chi connectivity index (χ4v) is 1.31. The number of alkyl halides is 1. The molecule has 1 aromatic heterocycles. The zero-order chi connectivity index (χ0) is 10.5. The first kappa shape index (κ1) is 10.2. The molecule has 0 aliphatic carbocycles. The topological polar surface area (TPSA) is 39.9 Å². The van der Waals surface area contributed by atoms with Gasteiger partial charge in [-0.15, -0.1) is 5.10 Å². The molecule has 78 valence electrons. The van der Waals surface area contributed by atoms with Gasteiger partial charge in [0.1, 0.15) is 12.9 Å². The molecule has 0 saturated carbocycles. The van der Waals surface area contributed by atoms with E-state index in [1.165, 1.54) is 0 Å². The molecule has 5 heteroatoms. The SMILES string of the molecule is BrCCOc1ncn(-c2ccccc2)n1. The van der Waals surface area contributed by atoms with E-state index in [1.807, 2.05) is 30.3 Å². The van der Waals surface area contributed by atoms with Gasteiger partial charge >= 0.3 is 6.01 Å². The first-order valence-electron chi connectivity index (χ1n) is 4.56. The van der Waals surface area contributed by atoms with Crippen molar-refractivity contribution in [3.63, 3.8) is 0 Å². The molecule has 0 aliphatic heterocycles. The molecule has 1 heterocycles. The summed E-state index contributed by atoms with van der Waals surface area (Å²) < 4.78 is 6.95. The molecule has 0 spiro atoms. The van der Waals surface area contributed by atoms with E-state index < -0.39 is 0 Å². The van der Waals surface area contributed by atoms with Crippen molar-refractivity contribution in [2.45, 2.75) is 0 Å². The van der Waals surface area contributed by atoms with E-state index in [-0.39, 0.29) is 0 Å². The molecule has 0 atom stereocenters. The number of para-hydroxylation sites is 1. The standard InChI is InChI=1S/C10H10BrN3O/c11-6-7-15-10-12-8-14(13-10)9-4-2-1-3-5-9/h1-5,8H,6-7H2. The van der Waals surface area contributed by atoms with Crippen LogP contribution in [0.25, 0.3) is 5.69 Å². The Morgan fingerprint density at radius 3 is 2.80 bits per heavy atom. The molecular formula is C10H10BrN3O. The minimum absolute atomic E-state index is 0.401. The highest BCUT2D eigenvalue weighted by molar-refractivity contribution is 9.09. The van der Waals surface area contributed by atoms with Crippen LogP contribution in [-0.4, -0.2) is 26.7 Å². The van der Waals surface area contributed by atoms with Crippen molar-refractivity contribution in [2.75, 3.05) is 11.9 Å². The minimum Gasteiger partial charge on any atom is -0.461 e. The van der Waals surface area contributed by atoms with E-state index >= 15 is 0 Å². The Balaban J connectivity index is 2.14. The summed E-state index contributed by atoms with van der Waals surface area (Å²) in [4.78, 5) is 4.04. The predicted octanol–water partition coefficient (Wildman–Crippen LogP) is 2.04. The molecule has 2 rings (SSSR count). The zero-order valence-electron chi connectivity index (χ0n) is 8.01. The first-order chi connectivity index (χ1) is 7.40. The van der Waals surface area contributed by atoms with Crippen molar-refractivity contribution >= 4 is 15.9 Å². The predicted molar refractivity (Wildman–Crippen MR) is 60.6 cm³/mol. The van der Waals surface area contributed by atoms with Crippen molar-refractivity contribution in [2.24, 2.45) is 0 Å². The van der Waals surface area contributed by atoms with Crippen molar-refractivity contribution in [1.82, 2.24) is 14.8 Å². The van der Waals surface area contributed by atoms with Crippen LogP contribution in [-0.2, 0) is 0 Å². The molecule has 4 nitrogen and oxygen atoms in total. The first-order valence-corrected chi connectivity index (χ1v) is 5.68. The molecule has 15 heavy (non-hydrogen) atoms. The molecular weight excluding hydrogens is 258 g/mol. The summed E-state index contributed by atoms with van der Waals surface area (Å²) in [5.41, 5.74) is 0.971. The summed E-state index contributed by atoms with van der Waals surface area (Å²) in [5, 5.41) is 4.95. The minimum atomic E-state index is 0.401. The third-order valence-electron chi connectivity index (χ3n) is 1.80. The lowest BCUT2D eigenvalue weighted by atomic mass is 10.3. The van der Waals surface area contributed by atoms with Gasteiger partial charge in [0, 0.05) is 5.33 Å². The van der Waals surface area contributed by atoms with Crippen LogP contribution in [0, 0.1) is 0 Å². The van der Waals surface area contributed by atoms with E-state index in [0.29, 0.717) is 12.6 Å². The van der Waals surface area contributed by atoms with Gasteiger partial charge in [0.25, 0.3) is 0 Å². The fraction of sp³-hybridized carbons (Fsp3) is 0.200. The largest absolute Gasteiger partial charge is 0.461 e. The van der Waals surface area contributed by atoms with Crippen LogP contribution < -0.4 is 4.74 Å². The van der Waals surface area contributed by atoms with Gasteiger partial charge in [0.15, 0.2) is 0 Å². The van der Waals surface area contributed by atoms with Crippen molar-refractivity contribution in [3.05, 3.63) is 36.7 Å². The Morgan fingerprint density at radius 2 is 2.07 bits per heavy atom. The van der Waals surface area contributed by atoms with E-state index in [4.69, 9.17) is 4.74 Å². The smallest absolute Gasteiger partial charge is 0.335 e. The number of hydrogen-bond acceptors (Lipinski definition) is 3. The van der Waals surface area contributed by atoms with Crippen LogP contribution >= 0.6 is 15.9 Å². The lowest BCUT2D eigenvalue weighted by Crippen LogP contribution is -2.00. The quantitative estimate of drug-likeness (QED) is 0.797. The molecule has 0 radical (unpaired) electrons. The maximum absolute atomic E-state index is 5.27. The van der Waals surface area contributed by atoms with Crippen LogP contribution in [0.4, 0.5) is 0 Å². The summed E-state index contributed by atoms with van der Waals surface area (Å²) in [5.74, 6) is 0. The van der Waals surface area contributed by atoms with E-state index in [1.54, 1.807) is 11.0 Å². The summed E-state index contributed by atoms with van der Waals surface area (Å²) in [6, 6.07) is 10.2. The van der Waals surface area contributed by atoms with Gasteiger partial charge in [-0.1, -0.05) is 34.1 Å². The van der Waals surface area contributed by atoms with Gasteiger partial charge in [-0.2, -0.15) is 4.98 Å². The molecule has 0 N–H and O–H groups in total. The van der Waals surface area contributed by atoms with Crippen molar-refractivity contribution < 1.29 is 4.74 Å². The van der Waals surface area contributed by atoms with Crippen LogP contribution in [0.5, 0.6) is 6.01 Å². The highest BCUT2D eigenvalue weighted by Crippen LogP contribution is 2.07. The Kier molecular flexibility index (Phi) is 3.34. The maximum atomic E-state index is 5.27. The highest BCUT2D eigenvalue weighted by Gasteiger charge is 2.02. The Labute approximate surface area is 96.0 Å². The monoisotopic (exact) mass is 267 g/mol. The molecule has 0 amide bonds. The van der Waals surface area contributed by atoms with Crippen LogP contribution in [0.1, 0.15) is 0 Å². The molecule has 1 aromatic carbocycles. The second-order valence-corrected chi connectivity index (χ2v) is 3.64. The summed E-state index contributed by atoms with van der Waals surface area (Å²) in [7, 11) is 0. The number of aromatic nitrogens is 3. The third-order valence-corrected chi connectivity index (χ3v) is 2.12. The van der Waals surface area contributed by atoms with Crippen molar-refractivity contribution in [3.8, 4) is 11.7 Å². The second kappa shape index (κ2) is 4.93. The molecule has 0 aliphatic rings. The number of halogens is 1. The van der Waals surface area contributed by atoms with E-state index in [9.17, 15) is 0 Å². The van der Waals surface area contributed by atoms with Gasteiger partial charge in [-0.25, -0.2) is 4.68 Å². The van der Waals surface area contributed by atoms with Gasteiger partial charge < -0.3 is 4.74 Å². The average Bonchev–Trinajstić information content (AvgIpc) is 2.76. The maximum Gasteiger partial charge on any atom is 0.335 e. The highest BCUT2D eigenvalue weighted by atomic mass is 79.9. The molecule has 0 saturated heterocycles. The number of benzene rings is 1. The number of rotatable bonds is 4. The Bertz CT molecular complexity index is 416. The van der Waals surface area contributed by atoms with Gasteiger partial charge in [0.05, 0.1) is 5.69 Å². The molecule has 0 unspecified atom stereocenters. The second-order valence-electron chi connectivity index (χ2n) is 2.84. The van der Waals surface area contributed by atoms with Gasteiger partial charge in [-0.3, -0.25) is 0 Å². The van der Waals surface area contributed by atoms with E-state index in [2.05, 4.69) is 26.0 Å². The molecule has 0 fully saturated rings.